The van der Waals surface area contributed by atoms with Gasteiger partial charge < -0.3 is 10.2 Å². The SMILES string of the molecule is CCNc1cc(N(C)C(C)CC)nc(SC)n1. The Bertz CT molecular complexity index is 356. The Hall–Kier alpha value is -0.970. The molecule has 1 aromatic heterocycles. The van der Waals surface area contributed by atoms with Gasteiger partial charge in [0.2, 0.25) is 0 Å². The highest BCUT2D eigenvalue weighted by Gasteiger charge is 2.12. The summed E-state index contributed by atoms with van der Waals surface area (Å²) in [7, 11) is 2.08. The maximum Gasteiger partial charge on any atom is 0.191 e. The number of nitrogens with zero attached hydrogens (tertiary/aromatic N) is 3. The first-order valence-corrected chi connectivity index (χ1v) is 7.24. The summed E-state index contributed by atoms with van der Waals surface area (Å²) in [5.41, 5.74) is 0. The second-order valence-corrected chi connectivity index (χ2v) is 4.77. The van der Waals surface area contributed by atoms with Crippen LogP contribution in [0.3, 0.4) is 0 Å². The smallest absolute Gasteiger partial charge is 0.191 e. The van der Waals surface area contributed by atoms with Crippen LogP contribution in [-0.4, -0.2) is 35.9 Å². The molecule has 5 heteroatoms. The highest BCUT2D eigenvalue weighted by atomic mass is 32.2. The molecule has 0 aromatic carbocycles. The summed E-state index contributed by atoms with van der Waals surface area (Å²) in [4.78, 5) is 11.2. The van der Waals surface area contributed by atoms with E-state index < -0.39 is 0 Å². The number of rotatable bonds is 6. The second-order valence-electron chi connectivity index (χ2n) is 4.00. The molecule has 0 spiro atoms. The predicted octanol–water partition coefficient (Wildman–Crippen LogP) is 2.87. The van der Waals surface area contributed by atoms with Gasteiger partial charge in [-0.3, -0.25) is 0 Å². The number of anilines is 2. The third-order valence-electron chi connectivity index (χ3n) is 2.85. The van der Waals surface area contributed by atoms with Crippen molar-refractivity contribution in [2.45, 2.75) is 38.4 Å². The van der Waals surface area contributed by atoms with E-state index in [0.29, 0.717) is 6.04 Å². The summed E-state index contributed by atoms with van der Waals surface area (Å²) in [6, 6.07) is 2.49. The average Bonchev–Trinajstić information content (AvgIpc) is 2.36. The van der Waals surface area contributed by atoms with Gasteiger partial charge in [-0.1, -0.05) is 18.7 Å². The second kappa shape index (κ2) is 6.69. The van der Waals surface area contributed by atoms with E-state index in [2.05, 4.69) is 48.0 Å². The summed E-state index contributed by atoms with van der Waals surface area (Å²) in [5.74, 6) is 1.88. The van der Waals surface area contributed by atoms with Gasteiger partial charge in [0.1, 0.15) is 11.6 Å². The molecule has 1 unspecified atom stereocenters. The number of hydrogen-bond acceptors (Lipinski definition) is 5. The molecule has 96 valence electrons. The van der Waals surface area contributed by atoms with E-state index in [1.165, 1.54) is 0 Å². The van der Waals surface area contributed by atoms with Crippen molar-refractivity contribution in [2.75, 3.05) is 30.1 Å². The van der Waals surface area contributed by atoms with Crippen LogP contribution >= 0.6 is 11.8 Å². The van der Waals surface area contributed by atoms with Crippen molar-refractivity contribution in [2.24, 2.45) is 0 Å². The number of nitrogens with one attached hydrogen (secondary N) is 1. The van der Waals surface area contributed by atoms with E-state index in [0.717, 1.165) is 29.8 Å². The van der Waals surface area contributed by atoms with Crippen LogP contribution in [0.15, 0.2) is 11.2 Å². The maximum absolute atomic E-state index is 4.54. The van der Waals surface area contributed by atoms with Crippen LogP contribution in [-0.2, 0) is 0 Å². The van der Waals surface area contributed by atoms with Gasteiger partial charge in [-0.25, -0.2) is 9.97 Å². The molecule has 0 radical (unpaired) electrons. The van der Waals surface area contributed by atoms with Crippen molar-refractivity contribution in [1.82, 2.24) is 9.97 Å². The van der Waals surface area contributed by atoms with E-state index in [9.17, 15) is 0 Å². The average molecular weight is 254 g/mol. The van der Waals surface area contributed by atoms with Crippen LogP contribution in [0.5, 0.6) is 0 Å². The Morgan fingerprint density at radius 2 is 2.12 bits per heavy atom. The van der Waals surface area contributed by atoms with Crippen LogP contribution in [0, 0.1) is 0 Å². The first-order chi connectivity index (χ1) is 8.12. The lowest BCUT2D eigenvalue weighted by Gasteiger charge is -2.25. The van der Waals surface area contributed by atoms with Crippen LogP contribution in [0.2, 0.25) is 0 Å². The molecule has 0 saturated carbocycles. The van der Waals surface area contributed by atoms with Gasteiger partial charge in [-0.05, 0) is 26.5 Å². The molecule has 1 heterocycles. The standard InChI is InChI=1S/C12H22N4S/c1-6-9(3)16(4)11-8-10(13-7-2)14-12(15-11)17-5/h8-9H,6-7H2,1-5H3,(H,13,14,15). The number of thioether (sulfide) groups is 1. The highest BCUT2D eigenvalue weighted by molar-refractivity contribution is 7.98. The molecule has 0 aliphatic rings. The third-order valence-corrected chi connectivity index (χ3v) is 3.39. The van der Waals surface area contributed by atoms with Gasteiger partial charge in [0.25, 0.3) is 0 Å². The van der Waals surface area contributed by atoms with Crippen LogP contribution in [0.1, 0.15) is 27.2 Å². The minimum absolute atomic E-state index is 0.481. The molecule has 0 aliphatic heterocycles. The van der Waals surface area contributed by atoms with Crippen LogP contribution in [0.25, 0.3) is 0 Å². The van der Waals surface area contributed by atoms with Gasteiger partial charge in [-0.15, -0.1) is 0 Å². The monoisotopic (exact) mass is 254 g/mol. The predicted molar refractivity (Wildman–Crippen MR) is 76.1 cm³/mol. The zero-order valence-corrected chi connectivity index (χ0v) is 12.1. The van der Waals surface area contributed by atoms with Gasteiger partial charge in [0, 0.05) is 25.7 Å². The summed E-state index contributed by atoms with van der Waals surface area (Å²) < 4.78 is 0. The Morgan fingerprint density at radius 1 is 1.41 bits per heavy atom. The lowest BCUT2D eigenvalue weighted by Crippen LogP contribution is -2.29. The molecular formula is C12H22N4S. The Labute approximate surface area is 108 Å². The zero-order chi connectivity index (χ0) is 12.8. The first kappa shape index (κ1) is 14.1. The van der Waals surface area contributed by atoms with Crippen molar-refractivity contribution >= 4 is 23.4 Å². The molecule has 1 rings (SSSR count). The van der Waals surface area contributed by atoms with Gasteiger partial charge >= 0.3 is 0 Å². The van der Waals surface area contributed by atoms with Crippen LogP contribution < -0.4 is 10.2 Å². The van der Waals surface area contributed by atoms with E-state index in [1.54, 1.807) is 11.8 Å². The Balaban J connectivity index is 3.01. The summed E-state index contributed by atoms with van der Waals surface area (Å²) in [5, 5.41) is 4.06. The van der Waals surface area contributed by atoms with Crippen molar-refractivity contribution < 1.29 is 0 Å². The van der Waals surface area contributed by atoms with Crippen molar-refractivity contribution in [3.8, 4) is 0 Å². The minimum atomic E-state index is 0.481. The molecular weight excluding hydrogens is 232 g/mol. The molecule has 0 amide bonds. The minimum Gasteiger partial charge on any atom is -0.370 e. The molecule has 1 aromatic rings. The molecule has 0 aliphatic carbocycles. The van der Waals surface area contributed by atoms with Crippen LogP contribution in [0.4, 0.5) is 11.6 Å². The van der Waals surface area contributed by atoms with Crippen molar-refractivity contribution in [1.29, 1.82) is 0 Å². The Morgan fingerprint density at radius 3 is 2.65 bits per heavy atom. The van der Waals surface area contributed by atoms with E-state index in [1.807, 2.05) is 12.3 Å². The highest BCUT2D eigenvalue weighted by Crippen LogP contribution is 2.21. The third kappa shape index (κ3) is 3.77. The van der Waals surface area contributed by atoms with Crippen molar-refractivity contribution in [3.05, 3.63) is 6.07 Å². The summed E-state index contributed by atoms with van der Waals surface area (Å²) in [6.45, 7) is 7.33. The number of hydrogen-bond donors (Lipinski definition) is 1. The fourth-order valence-corrected chi connectivity index (χ4v) is 1.83. The molecule has 4 nitrogen and oxygen atoms in total. The lowest BCUT2D eigenvalue weighted by molar-refractivity contribution is 0.652. The first-order valence-electron chi connectivity index (χ1n) is 6.02. The molecule has 1 atom stereocenters. The quantitative estimate of drug-likeness (QED) is 0.624. The maximum atomic E-state index is 4.54. The summed E-state index contributed by atoms with van der Waals surface area (Å²) in [6.07, 6.45) is 3.10. The fraction of sp³-hybridized carbons (Fsp3) is 0.667. The molecule has 1 N–H and O–H groups in total. The summed E-state index contributed by atoms with van der Waals surface area (Å²) >= 11 is 1.57. The van der Waals surface area contributed by atoms with Gasteiger partial charge in [-0.2, -0.15) is 0 Å². The largest absolute Gasteiger partial charge is 0.370 e. The van der Waals surface area contributed by atoms with Gasteiger partial charge in [0.05, 0.1) is 0 Å². The lowest BCUT2D eigenvalue weighted by atomic mass is 10.2. The normalized spacial score (nSPS) is 12.3. The molecule has 17 heavy (non-hydrogen) atoms. The van der Waals surface area contributed by atoms with E-state index in [-0.39, 0.29) is 0 Å². The molecule has 0 saturated heterocycles. The fourth-order valence-electron chi connectivity index (χ4n) is 1.46. The molecule has 0 bridgehead atoms. The number of aromatic nitrogens is 2. The Kier molecular flexibility index (Phi) is 5.55. The van der Waals surface area contributed by atoms with Crippen molar-refractivity contribution in [3.63, 3.8) is 0 Å². The van der Waals surface area contributed by atoms with E-state index in [4.69, 9.17) is 0 Å². The molecule has 0 fully saturated rings. The topological polar surface area (TPSA) is 41.0 Å². The zero-order valence-electron chi connectivity index (χ0n) is 11.3. The van der Waals surface area contributed by atoms with Gasteiger partial charge in [0.15, 0.2) is 5.16 Å². The van der Waals surface area contributed by atoms with E-state index >= 15 is 0 Å².